The molecule has 0 aromatic heterocycles. The Balaban J connectivity index is 2.42. The maximum Gasteiger partial charge on any atom is 0.129 e. The molecule has 0 aliphatic carbocycles. The number of rotatable bonds is 4. The number of ether oxygens (including phenoxy) is 1. The number of benzene rings is 2. The van der Waals surface area contributed by atoms with Crippen LogP contribution in [0.25, 0.3) is 11.1 Å². The predicted octanol–water partition coefficient (Wildman–Crippen LogP) is 3.08. The van der Waals surface area contributed by atoms with Gasteiger partial charge in [-0.3, -0.25) is 0 Å². The van der Waals surface area contributed by atoms with Crippen molar-refractivity contribution < 1.29 is 4.74 Å². The smallest absolute Gasteiger partial charge is 0.129 e. The molecule has 0 atom stereocenters. The molecule has 0 amide bonds. The third-order valence-corrected chi connectivity index (χ3v) is 2.58. The Bertz CT molecular complexity index is 547. The fourth-order valence-electron chi connectivity index (χ4n) is 1.71. The quantitative estimate of drug-likeness (QED) is 0.637. The highest BCUT2D eigenvalue weighted by Crippen LogP contribution is 2.32. The number of hydrogen-bond donors (Lipinski definition) is 2. The molecule has 3 heteroatoms. The second-order valence-corrected chi connectivity index (χ2v) is 3.98. The molecule has 2 aromatic rings. The minimum Gasteiger partial charge on any atom is -0.489 e. The van der Waals surface area contributed by atoms with Crippen molar-refractivity contribution in [2.75, 3.05) is 18.1 Å². The van der Waals surface area contributed by atoms with Crippen molar-refractivity contribution in [1.82, 2.24) is 0 Å². The second-order valence-electron chi connectivity index (χ2n) is 3.98. The molecule has 92 valence electrons. The molecule has 0 radical (unpaired) electrons. The van der Waals surface area contributed by atoms with E-state index in [0.29, 0.717) is 12.3 Å². The van der Waals surface area contributed by atoms with Crippen molar-refractivity contribution in [3.05, 3.63) is 55.1 Å². The molecule has 0 spiro atoms. The van der Waals surface area contributed by atoms with Gasteiger partial charge >= 0.3 is 0 Å². The zero-order valence-corrected chi connectivity index (χ0v) is 10.1. The highest BCUT2D eigenvalue weighted by atomic mass is 16.5. The summed E-state index contributed by atoms with van der Waals surface area (Å²) >= 11 is 0. The summed E-state index contributed by atoms with van der Waals surface area (Å²) in [5.41, 5.74) is 14.9. The van der Waals surface area contributed by atoms with Gasteiger partial charge in [-0.1, -0.05) is 24.8 Å². The van der Waals surface area contributed by atoms with E-state index >= 15 is 0 Å². The molecule has 0 aliphatic rings. The van der Waals surface area contributed by atoms with Crippen LogP contribution >= 0.6 is 0 Å². The Hall–Kier alpha value is -2.42. The van der Waals surface area contributed by atoms with E-state index < -0.39 is 0 Å². The van der Waals surface area contributed by atoms with Crippen molar-refractivity contribution in [2.45, 2.75) is 0 Å². The standard InChI is InChI=1S/C15H16N2O/c1-2-9-18-15-10-13(17)7-8-14(15)11-3-5-12(16)6-4-11/h2-8,10H,1,9,16-17H2. The summed E-state index contributed by atoms with van der Waals surface area (Å²) in [6.07, 6.45) is 1.70. The predicted molar refractivity (Wildman–Crippen MR) is 76.4 cm³/mol. The SMILES string of the molecule is C=CCOc1cc(N)ccc1-c1ccc(N)cc1. The molecule has 0 saturated heterocycles. The summed E-state index contributed by atoms with van der Waals surface area (Å²) in [4.78, 5) is 0. The fourth-order valence-corrected chi connectivity index (χ4v) is 1.71. The van der Waals surface area contributed by atoms with Gasteiger partial charge in [0.1, 0.15) is 12.4 Å². The molecule has 0 saturated carbocycles. The van der Waals surface area contributed by atoms with Crippen LogP contribution < -0.4 is 16.2 Å². The summed E-state index contributed by atoms with van der Waals surface area (Å²) < 4.78 is 5.62. The molecular formula is C15H16N2O. The zero-order chi connectivity index (χ0) is 13.0. The van der Waals surface area contributed by atoms with Crippen LogP contribution in [0.2, 0.25) is 0 Å². The number of anilines is 2. The lowest BCUT2D eigenvalue weighted by Crippen LogP contribution is -1.97. The van der Waals surface area contributed by atoms with Gasteiger partial charge in [0.25, 0.3) is 0 Å². The Kier molecular flexibility index (Phi) is 3.53. The number of nitrogen functional groups attached to an aromatic ring is 2. The minimum atomic E-state index is 0.450. The summed E-state index contributed by atoms with van der Waals surface area (Å²) in [6, 6.07) is 13.3. The molecule has 2 rings (SSSR count). The van der Waals surface area contributed by atoms with Gasteiger partial charge in [0.15, 0.2) is 0 Å². The van der Waals surface area contributed by atoms with Gasteiger partial charge in [-0.05, 0) is 29.8 Å². The molecule has 18 heavy (non-hydrogen) atoms. The summed E-state index contributed by atoms with van der Waals surface area (Å²) in [5.74, 6) is 0.750. The van der Waals surface area contributed by atoms with Crippen LogP contribution in [0.4, 0.5) is 11.4 Å². The van der Waals surface area contributed by atoms with E-state index in [1.54, 1.807) is 6.08 Å². The van der Waals surface area contributed by atoms with Crippen LogP contribution in [-0.2, 0) is 0 Å². The van der Waals surface area contributed by atoms with Gasteiger partial charge in [0, 0.05) is 23.0 Å². The van der Waals surface area contributed by atoms with Gasteiger partial charge in [-0.2, -0.15) is 0 Å². The van der Waals surface area contributed by atoms with E-state index in [2.05, 4.69) is 6.58 Å². The van der Waals surface area contributed by atoms with Gasteiger partial charge in [-0.15, -0.1) is 0 Å². The molecule has 0 unspecified atom stereocenters. The van der Waals surface area contributed by atoms with E-state index in [1.165, 1.54) is 0 Å². The molecule has 3 nitrogen and oxygen atoms in total. The molecule has 0 bridgehead atoms. The van der Waals surface area contributed by atoms with Gasteiger partial charge < -0.3 is 16.2 Å². The lowest BCUT2D eigenvalue weighted by molar-refractivity contribution is 0.365. The van der Waals surface area contributed by atoms with Crippen molar-refractivity contribution in [2.24, 2.45) is 0 Å². The topological polar surface area (TPSA) is 61.3 Å². The first-order valence-corrected chi connectivity index (χ1v) is 5.70. The molecule has 0 fully saturated rings. The first-order chi connectivity index (χ1) is 8.70. The fraction of sp³-hybridized carbons (Fsp3) is 0.0667. The van der Waals surface area contributed by atoms with Crippen molar-refractivity contribution in [3.63, 3.8) is 0 Å². The van der Waals surface area contributed by atoms with Gasteiger partial charge in [0.05, 0.1) is 0 Å². The van der Waals surface area contributed by atoms with Gasteiger partial charge in [0.2, 0.25) is 0 Å². The largest absolute Gasteiger partial charge is 0.489 e. The zero-order valence-electron chi connectivity index (χ0n) is 10.1. The molecule has 0 aliphatic heterocycles. The number of nitrogens with two attached hydrogens (primary N) is 2. The third kappa shape index (κ3) is 2.63. The third-order valence-electron chi connectivity index (χ3n) is 2.58. The van der Waals surface area contributed by atoms with Crippen molar-refractivity contribution >= 4 is 11.4 Å². The van der Waals surface area contributed by atoms with Crippen molar-refractivity contribution in [1.29, 1.82) is 0 Å². The molecule has 0 heterocycles. The van der Waals surface area contributed by atoms with E-state index in [1.807, 2.05) is 42.5 Å². The van der Waals surface area contributed by atoms with E-state index in [0.717, 1.165) is 22.6 Å². The average Bonchev–Trinajstić information content (AvgIpc) is 2.38. The van der Waals surface area contributed by atoms with E-state index in [4.69, 9.17) is 16.2 Å². The Labute approximate surface area is 107 Å². The second kappa shape index (κ2) is 5.27. The lowest BCUT2D eigenvalue weighted by Gasteiger charge is -2.11. The Morgan fingerprint density at radius 3 is 2.33 bits per heavy atom. The molecular weight excluding hydrogens is 224 g/mol. The van der Waals surface area contributed by atoms with E-state index in [9.17, 15) is 0 Å². The van der Waals surface area contributed by atoms with Crippen LogP contribution in [0, 0.1) is 0 Å². The average molecular weight is 240 g/mol. The maximum absolute atomic E-state index is 5.78. The Morgan fingerprint density at radius 1 is 1.00 bits per heavy atom. The molecule has 2 aromatic carbocycles. The first kappa shape index (κ1) is 12.0. The van der Waals surface area contributed by atoms with E-state index in [-0.39, 0.29) is 0 Å². The normalized spacial score (nSPS) is 10.0. The minimum absolute atomic E-state index is 0.450. The number of hydrogen-bond acceptors (Lipinski definition) is 3. The highest BCUT2D eigenvalue weighted by Gasteiger charge is 2.06. The Morgan fingerprint density at radius 2 is 1.67 bits per heavy atom. The van der Waals surface area contributed by atoms with Crippen LogP contribution in [0.1, 0.15) is 0 Å². The van der Waals surface area contributed by atoms with Crippen LogP contribution in [0.15, 0.2) is 55.1 Å². The summed E-state index contributed by atoms with van der Waals surface area (Å²) in [7, 11) is 0. The summed E-state index contributed by atoms with van der Waals surface area (Å²) in [6.45, 7) is 4.09. The van der Waals surface area contributed by atoms with Crippen LogP contribution in [0.3, 0.4) is 0 Å². The lowest BCUT2D eigenvalue weighted by atomic mass is 10.0. The summed E-state index contributed by atoms with van der Waals surface area (Å²) in [5, 5.41) is 0. The molecule has 4 N–H and O–H groups in total. The highest BCUT2D eigenvalue weighted by molar-refractivity contribution is 5.74. The van der Waals surface area contributed by atoms with Crippen LogP contribution in [0.5, 0.6) is 5.75 Å². The van der Waals surface area contributed by atoms with Crippen LogP contribution in [-0.4, -0.2) is 6.61 Å². The maximum atomic E-state index is 5.78. The first-order valence-electron chi connectivity index (χ1n) is 5.70. The van der Waals surface area contributed by atoms with Crippen molar-refractivity contribution in [3.8, 4) is 16.9 Å². The van der Waals surface area contributed by atoms with Gasteiger partial charge in [-0.25, -0.2) is 0 Å². The monoisotopic (exact) mass is 240 g/mol.